The Hall–Kier alpha value is -1.73. The van der Waals surface area contributed by atoms with E-state index in [1.807, 2.05) is 18.0 Å². The van der Waals surface area contributed by atoms with Crippen LogP contribution in [0.3, 0.4) is 0 Å². The van der Waals surface area contributed by atoms with Gasteiger partial charge in [-0.25, -0.2) is 9.98 Å². The summed E-state index contributed by atoms with van der Waals surface area (Å²) in [6, 6.07) is 8.86. The van der Waals surface area contributed by atoms with Crippen LogP contribution in [0.5, 0.6) is 0 Å². The molecule has 0 spiro atoms. The molecule has 3 rings (SSSR count). The second kappa shape index (κ2) is 11.3. The summed E-state index contributed by atoms with van der Waals surface area (Å²) in [7, 11) is 0. The molecule has 28 heavy (non-hydrogen) atoms. The summed E-state index contributed by atoms with van der Waals surface area (Å²) in [6.07, 6.45) is 3.98. The van der Waals surface area contributed by atoms with Crippen molar-refractivity contribution in [3.8, 4) is 0 Å². The zero-order valence-electron chi connectivity index (χ0n) is 16.9. The molecule has 2 aromatic rings. The average molecular weight is 418 g/mol. The number of anilines is 1. The van der Waals surface area contributed by atoms with Gasteiger partial charge in [0.1, 0.15) is 0 Å². The van der Waals surface area contributed by atoms with Gasteiger partial charge >= 0.3 is 0 Å². The largest absolute Gasteiger partial charge is 0.370 e. The Morgan fingerprint density at radius 2 is 1.93 bits per heavy atom. The van der Waals surface area contributed by atoms with Gasteiger partial charge in [-0.1, -0.05) is 19.1 Å². The highest BCUT2D eigenvalue weighted by Gasteiger charge is 2.10. The molecule has 7 heteroatoms. The van der Waals surface area contributed by atoms with E-state index in [1.165, 1.54) is 32.6 Å². The van der Waals surface area contributed by atoms with E-state index < -0.39 is 0 Å². The van der Waals surface area contributed by atoms with Crippen LogP contribution < -0.4 is 15.5 Å². The number of rotatable bonds is 8. The van der Waals surface area contributed by atoms with Crippen molar-refractivity contribution in [1.82, 2.24) is 15.6 Å². The van der Waals surface area contributed by atoms with E-state index in [0.29, 0.717) is 6.54 Å². The number of thioether (sulfide) groups is 1. The number of thiazole rings is 1. The van der Waals surface area contributed by atoms with Crippen LogP contribution >= 0.6 is 23.1 Å². The minimum atomic E-state index is 0.683. The second-order valence-electron chi connectivity index (χ2n) is 6.71. The number of nitrogens with zero attached hydrogens (tertiary/aromatic N) is 3. The van der Waals surface area contributed by atoms with Crippen molar-refractivity contribution in [2.75, 3.05) is 42.6 Å². The summed E-state index contributed by atoms with van der Waals surface area (Å²) in [5.41, 5.74) is 2.56. The lowest BCUT2D eigenvalue weighted by atomic mass is 10.2. The Kier molecular flexibility index (Phi) is 8.48. The Morgan fingerprint density at radius 1 is 1.14 bits per heavy atom. The molecule has 5 nitrogen and oxygen atoms in total. The van der Waals surface area contributed by atoms with E-state index in [4.69, 9.17) is 4.99 Å². The van der Waals surface area contributed by atoms with Crippen LogP contribution in [0.1, 0.15) is 29.3 Å². The molecular weight excluding hydrogens is 386 g/mol. The summed E-state index contributed by atoms with van der Waals surface area (Å²) in [6.45, 7) is 8.94. The molecule has 2 heterocycles. The topological polar surface area (TPSA) is 52.6 Å². The van der Waals surface area contributed by atoms with E-state index in [-0.39, 0.29) is 0 Å². The van der Waals surface area contributed by atoms with E-state index in [0.717, 1.165) is 45.0 Å². The molecule has 1 fully saturated rings. The molecule has 0 radical (unpaired) electrons. The highest BCUT2D eigenvalue weighted by molar-refractivity contribution is 7.99. The molecular formula is C21H31N5S2. The zero-order chi connectivity index (χ0) is 19.6. The summed E-state index contributed by atoms with van der Waals surface area (Å²) in [5.74, 6) is 3.32. The lowest BCUT2D eigenvalue weighted by molar-refractivity contribution is 0.796. The molecule has 0 amide bonds. The molecule has 1 aromatic heterocycles. The lowest BCUT2D eigenvalue weighted by Gasteiger charge is -2.28. The highest BCUT2D eigenvalue weighted by atomic mass is 32.2. The smallest absolute Gasteiger partial charge is 0.191 e. The van der Waals surface area contributed by atoms with Crippen molar-refractivity contribution in [2.45, 2.75) is 33.2 Å². The third-order valence-electron chi connectivity index (χ3n) is 4.66. The number of aliphatic imine (C=N–C) groups is 1. The SMILES string of the molecule is CCNC(=NCc1ccc(N2CCSCC2)cc1)NCCc1ncc(CC)s1. The fourth-order valence-electron chi connectivity index (χ4n) is 3.06. The molecule has 2 N–H and O–H groups in total. The quantitative estimate of drug-likeness (QED) is 0.508. The maximum Gasteiger partial charge on any atom is 0.191 e. The van der Waals surface area contributed by atoms with Gasteiger partial charge in [-0.2, -0.15) is 11.8 Å². The molecule has 1 aliphatic rings. The number of aryl methyl sites for hydroxylation is 1. The molecule has 0 aliphatic carbocycles. The maximum atomic E-state index is 4.74. The second-order valence-corrected chi connectivity index (χ2v) is 9.14. The van der Waals surface area contributed by atoms with Crippen LogP contribution in [0, 0.1) is 0 Å². The zero-order valence-corrected chi connectivity index (χ0v) is 18.5. The standard InChI is InChI=1S/C21H31N5S2/c1-3-19-16-24-20(28-19)9-10-23-21(22-4-2)25-15-17-5-7-18(8-6-17)26-11-13-27-14-12-26/h5-8,16H,3-4,9-15H2,1-2H3,(H2,22,23,25). The summed E-state index contributed by atoms with van der Waals surface area (Å²) in [4.78, 5) is 13.0. The third kappa shape index (κ3) is 6.41. The van der Waals surface area contributed by atoms with Gasteiger partial charge in [-0.15, -0.1) is 11.3 Å². The van der Waals surface area contributed by atoms with Crippen LogP contribution in [-0.4, -0.2) is 48.6 Å². The summed E-state index contributed by atoms with van der Waals surface area (Å²) in [5, 5.41) is 7.94. The lowest BCUT2D eigenvalue weighted by Crippen LogP contribution is -2.38. The summed E-state index contributed by atoms with van der Waals surface area (Å²) >= 11 is 3.85. The minimum Gasteiger partial charge on any atom is -0.370 e. The van der Waals surface area contributed by atoms with E-state index >= 15 is 0 Å². The fourth-order valence-corrected chi connectivity index (χ4v) is 4.83. The van der Waals surface area contributed by atoms with Crippen molar-refractivity contribution in [3.63, 3.8) is 0 Å². The molecule has 0 atom stereocenters. The van der Waals surface area contributed by atoms with E-state index in [9.17, 15) is 0 Å². The number of hydrogen-bond donors (Lipinski definition) is 2. The van der Waals surface area contributed by atoms with Crippen LogP contribution in [-0.2, 0) is 19.4 Å². The highest BCUT2D eigenvalue weighted by Crippen LogP contribution is 2.20. The van der Waals surface area contributed by atoms with Gasteiger partial charge in [0.05, 0.1) is 11.6 Å². The van der Waals surface area contributed by atoms with Crippen molar-refractivity contribution >= 4 is 34.7 Å². The molecule has 1 saturated heterocycles. The number of aromatic nitrogens is 1. The molecule has 0 unspecified atom stereocenters. The molecule has 0 bridgehead atoms. The van der Waals surface area contributed by atoms with Gasteiger partial charge < -0.3 is 15.5 Å². The van der Waals surface area contributed by atoms with E-state index in [2.05, 4.69) is 58.6 Å². The Labute approximate surface area is 177 Å². The van der Waals surface area contributed by atoms with Gasteiger partial charge in [0.2, 0.25) is 0 Å². The van der Waals surface area contributed by atoms with Gasteiger partial charge in [0.15, 0.2) is 5.96 Å². The van der Waals surface area contributed by atoms with Crippen molar-refractivity contribution in [2.24, 2.45) is 4.99 Å². The number of guanidine groups is 1. The first-order chi connectivity index (χ1) is 13.8. The van der Waals surface area contributed by atoms with Crippen LogP contribution in [0.15, 0.2) is 35.5 Å². The first kappa shape index (κ1) is 21.0. The number of hydrogen-bond acceptors (Lipinski definition) is 5. The average Bonchev–Trinajstić information content (AvgIpc) is 3.21. The maximum absolute atomic E-state index is 4.74. The Balaban J connectivity index is 1.50. The van der Waals surface area contributed by atoms with Crippen LogP contribution in [0.25, 0.3) is 0 Å². The van der Waals surface area contributed by atoms with Crippen molar-refractivity contribution in [1.29, 1.82) is 0 Å². The van der Waals surface area contributed by atoms with Gasteiger partial charge in [0, 0.05) is 60.9 Å². The molecule has 1 aromatic carbocycles. The first-order valence-corrected chi connectivity index (χ1v) is 12.1. The minimum absolute atomic E-state index is 0.683. The molecule has 1 aliphatic heterocycles. The fraction of sp³-hybridized carbons (Fsp3) is 0.524. The third-order valence-corrected chi connectivity index (χ3v) is 6.80. The Bertz CT molecular complexity index is 736. The predicted octanol–water partition coefficient (Wildman–Crippen LogP) is 3.56. The number of benzene rings is 1. The van der Waals surface area contributed by atoms with Crippen molar-refractivity contribution in [3.05, 3.63) is 45.9 Å². The van der Waals surface area contributed by atoms with Gasteiger partial charge in [-0.05, 0) is 31.0 Å². The first-order valence-electron chi connectivity index (χ1n) is 10.2. The van der Waals surface area contributed by atoms with Crippen molar-refractivity contribution < 1.29 is 0 Å². The van der Waals surface area contributed by atoms with Gasteiger partial charge in [-0.3, -0.25) is 0 Å². The molecule has 152 valence electrons. The monoisotopic (exact) mass is 417 g/mol. The normalized spacial score (nSPS) is 14.9. The van der Waals surface area contributed by atoms with Gasteiger partial charge in [0.25, 0.3) is 0 Å². The van der Waals surface area contributed by atoms with Crippen LogP contribution in [0.2, 0.25) is 0 Å². The molecule has 0 saturated carbocycles. The predicted molar refractivity (Wildman–Crippen MR) is 124 cm³/mol. The van der Waals surface area contributed by atoms with Crippen LogP contribution in [0.4, 0.5) is 5.69 Å². The van der Waals surface area contributed by atoms with E-state index in [1.54, 1.807) is 11.3 Å². The Morgan fingerprint density at radius 3 is 2.61 bits per heavy atom. The number of nitrogens with one attached hydrogen (secondary N) is 2. The summed E-state index contributed by atoms with van der Waals surface area (Å²) < 4.78 is 0.